The predicted molar refractivity (Wildman–Crippen MR) is 131 cm³/mol. The third kappa shape index (κ3) is 5.04. The average molecular weight is 439 g/mol. The Labute approximate surface area is 193 Å². The Morgan fingerprint density at radius 2 is 1.52 bits per heavy atom. The molecule has 0 aromatic rings. The summed E-state index contributed by atoms with van der Waals surface area (Å²) in [4.78, 5) is 0. The third-order valence-electron chi connectivity index (χ3n) is 10.5. The van der Waals surface area contributed by atoms with E-state index in [0.717, 1.165) is 42.9 Å². The molecule has 0 aliphatic heterocycles. The van der Waals surface area contributed by atoms with Crippen molar-refractivity contribution >= 4 is 0 Å². The van der Waals surface area contributed by atoms with Crippen molar-refractivity contribution in [1.82, 2.24) is 0 Å². The standard InChI is InChI=1S/C26H46O2.C2H6.H2O/c1-4-5-6-7-8-24(28)23-12-11-21-20-10-9-18-17-19(27)13-15-25(18,2)22(20)14-16-26(21,23)3;1-2;/h18-24,27-28H,4-17H2,1-3H3;1-2H3;1H2/t18?,19?,20?,21?,22?,23?,24?,25-,26?;;/m0../s1. The van der Waals surface area contributed by atoms with Gasteiger partial charge in [-0.05, 0) is 105 Å². The van der Waals surface area contributed by atoms with Gasteiger partial charge in [0.05, 0.1) is 12.2 Å². The van der Waals surface area contributed by atoms with E-state index >= 15 is 0 Å². The molecule has 0 spiro atoms. The monoisotopic (exact) mass is 438 g/mol. The van der Waals surface area contributed by atoms with Crippen molar-refractivity contribution in [3.05, 3.63) is 0 Å². The molecule has 0 aromatic heterocycles. The second-order valence-corrected chi connectivity index (χ2v) is 11.7. The van der Waals surface area contributed by atoms with Crippen LogP contribution >= 0.6 is 0 Å². The fourth-order valence-corrected chi connectivity index (χ4v) is 8.89. The fourth-order valence-electron chi connectivity index (χ4n) is 8.89. The average Bonchev–Trinajstić information content (AvgIpc) is 3.10. The Morgan fingerprint density at radius 3 is 2.23 bits per heavy atom. The maximum atomic E-state index is 11.1. The maximum Gasteiger partial charge on any atom is 0.0573 e. The molecule has 4 saturated carbocycles. The molecule has 0 heterocycles. The molecule has 4 rings (SSSR count). The minimum Gasteiger partial charge on any atom is -0.412 e. The molecule has 9 atom stereocenters. The lowest BCUT2D eigenvalue weighted by Gasteiger charge is -2.61. The zero-order valence-electron chi connectivity index (χ0n) is 21.3. The van der Waals surface area contributed by atoms with Gasteiger partial charge in [-0.25, -0.2) is 0 Å². The summed E-state index contributed by atoms with van der Waals surface area (Å²) in [6, 6.07) is 0. The van der Waals surface area contributed by atoms with Gasteiger partial charge in [-0.2, -0.15) is 0 Å². The van der Waals surface area contributed by atoms with E-state index in [2.05, 4.69) is 20.8 Å². The van der Waals surface area contributed by atoms with Crippen molar-refractivity contribution in [2.24, 2.45) is 40.4 Å². The lowest BCUT2D eigenvalue weighted by molar-refractivity contribution is -0.133. The van der Waals surface area contributed by atoms with Gasteiger partial charge in [0.2, 0.25) is 0 Å². The molecule has 4 aliphatic carbocycles. The van der Waals surface area contributed by atoms with E-state index in [4.69, 9.17) is 0 Å². The van der Waals surface area contributed by atoms with Gasteiger partial charge in [0, 0.05) is 0 Å². The number of rotatable bonds is 6. The molecule has 8 unspecified atom stereocenters. The molecular weight excluding hydrogens is 384 g/mol. The first-order chi connectivity index (χ1) is 14.4. The van der Waals surface area contributed by atoms with E-state index in [-0.39, 0.29) is 17.7 Å². The zero-order valence-corrected chi connectivity index (χ0v) is 21.3. The van der Waals surface area contributed by atoms with Crippen molar-refractivity contribution in [3.8, 4) is 0 Å². The van der Waals surface area contributed by atoms with Gasteiger partial charge in [-0.1, -0.05) is 60.3 Å². The minimum absolute atomic E-state index is 0. The topological polar surface area (TPSA) is 72.0 Å². The van der Waals surface area contributed by atoms with E-state index in [9.17, 15) is 10.2 Å². The number of hydrogen-bond acceptors (Lipinski definition) is 2. The molecule has 0 bridgehead atoms. The van der Waals surface area contributed by atoms with Crippen LogP contribution < -0.4 is 0 Å². The highest BCUT2D eigenvalue weighted by molar-refractivity contribution is 5.10. The molecule has 0 amide bonds. The summed E-state index contributed by atoms with van der Waals surface area (Å²) in [7, 11) is 0. The minimum atomic E-state index is -0.0693. The summed E-state index contributed by atoms with van der Waals surface area (Å²) in [5.74, 6) is 3.89. The van der Waals surface area contributed by atoms with E-state index in [1.807, 2.05) is 13.8 Å². The van der Waals surface area contributed by atoms with Crippen molar-refractivity contribution in [2.45, 2.75) is 137 Å². The van der Waals surface area contributed by atoms with Gasteiger partial charge < -0.3 is 15.7 Å². The smallest absolute Gasteiger partial charge is 0.0573 e. The van der Waals surface area contributed by atoms with Gasteiger partial charge >= 0.3 is 0 Å². The SMILES string of the molecule is CC.CCCCCCC(O)C1CCC2C3CCC4CC(O)CC[C@]4(C)C3CCC12C.O. The highest BCUT2D eigenvalue weighted by Crippen LogP contribution is 2.67. The van der Waals surface area contributed by atoms with Crippen LogP contribution in [-0.2, 0) is 0 Å². The molecular formula is C28H54O3. The number of hydrogen-bond donors (Lipinski definition) is 2. The van der Waals surface area contributed by atoms with Gasteiger partial charge in [-0.15, -0.1) is 0 Å². The molecule has 4 N–H and O–H groups in total. The fraction of sp³-hybridized carbons (Fsp3) is 1.00. The highest BCUT2D eigenvalue weighted by atomic mass is 16.3. The van der Waals surface area contributed by atoms with E-state index in [0.29, 0.717) is 16.7 Å². The molecule has 31 heavy (non-hydrogen) atoms. The largest absolute Gasteiger partial charge is 0.412 e. The van der Waals surface area contributed by atoms with Gasteiger partial charge in [0.25, 0.3) is 0 Å². The molecule has 184 valence electrons. The maximum absolute atomic E-state index is 11.1. The Kier molecular flexibility index (Phi) is 9.92. The third-order valence-corrected chi connectivity index (χ3v) is 10.5. The summed E-state index contributed by atoms with van der Waals surface area (Å²) < 4.78 is 0. The molecule has 0 aromatic carbocycles. The summed E-state index contributed by atoms with van der Waals surface area (Å²) in [5.41, 5.74) is 0.850. The highest BCUT2D eigenvalue weighted by Gasteiger charge is 2.60. The van der Waals surface area contributed by atoms with Crippen LogP contribution in [0.3, 0.4) is 0 Å². The predicted octanol–water partition coefficient (Wildman–Crippen LogP) is 6.54. The number of aliphatic hydroxyl groups excluding tert-OH is 2. The van der Waals surface area contributed by atoms with Crippen LogP contribution in [0, 0.1) is 40.4 Å². The van der Waals surface area contributed by atoms with E-state index < -0.39 is 0 Å². The summed E-state index contributed by atoms with van der Waals surface area (Å²) in [5, 5.41) is 21.3. The first-order valence-corrected chi connectivity index (χ1v) is 13.8. The lowest BCUT2D eigenvalue weighted by Crippen LogP contribution is -2.54. The molecule has 0 radical (unpaired) electrons. The van der Waals surface area contributed by atoms with Crippen LogP contribution in [0.25, 0.3) is 0 Å². The Balaban J connectivity index is 0.00000111. The van der Waals surface area contributed by atoms with Crippen molar-refractivity contribution in [3.63, 3.8) is 0 Å². The van der Waals surface area contributed by atoms with E-state index in [1.54, 1.807) is 0 Å². The van der Waals surface area contributed by atoms with Crippen LogP contribution in [0.2, 0.25) is 0 Å². The lowest BCUT2D eigenvalue weighted by atomic mass is 9.44. The molecule has 4 fully saturated rings. The number of unbranched alkanes of at least 4 members (excludes halogenated alkanes) is 3. The van der Waals surface area contributed by atoms with Crippen LogP contribution in [0.4, 0.5) is 0 Å². The Morgan fingerprint density at radius 1 is 0.839 bits per heavy atom. The van der Waals surface area contributed by atoms with Crippen LogP contribution in [0.15, 0.2) is 0 Å². The van der Waals surface area contributed by atoms with Crippen LogP contribution in [-0.4, -0.2) is 27.9 Å². The summed E-state index contributed by atoms with van der Waals surface area (Å²) in [6.45, 7) is 11.4. The quantitative estimate of drug-likeness (QED) is 0.462. The van der Waals surface area contributed by atoms with Gasteiger partial charge in [0.15, 0.2) is 0 Å². The Hall–Kier alpha value is -0.120. The molecule has 3 heteroatoms. The molecule has 0 saturated heterocycles. The second kappa shape index (κ2) is 11.3. The van der Waals surface area contributed by atoms with Gasteiger partial charge in [-0.3, -0.25) is 0 Å². The van der Waals surface area contributed by atoms with Crippen molar-refractivity contribution in [1.29, 1.82) is 0 Å². The van der Waals surface area contributed by atoms with Crippen molar-refractivity contribution < 1.29 is 15.7 Å². The Bertz CT molecular complexity index is 536. The molecule has 4 aliphatic rings. The number of fused-ring (bicyclic) bond motifs is 5. The van der Waals surface area contributed by atoms with E-state index in [1.165, 1.54) is 70.6 Å². The zero-order chi connectivity index (χ0) is 21.9. The van der Waals surface area contributed by atoms with Crippen LogP contribution in [0.5, 0.6) is 0 Å². The number of aliphatic hydroxyl groups is 2. The summed E-state index contributed by atoms with van der Waals surface area (Å²) in [6.07, 6.45) is 17.4. The van der Waals surface area contributed by atoms with Crippen molar-refractivity contribution in [2.75, 3.05) is 0 Å². The second-order valence-electron chi connectivity index (χ2n) is 11.7. The normalized spacial score (nSPS) is 44.6. The van der Waals surface area contributed by atoms with Gasteiger partial charge in [0.1, 0.15) is 0 Å². The first-order valence-electron chi connectivity index (χ1n) is 13.8. The summed E-state index contributed by atoms with van der Waals surface area (Å²) >= 11 is 0. The first kappa shape index (κ1) is 27.1. The molecule has 3 nitrogen and oxygen atoms in total. The van der Waals surface area contributed by atoms with Crippen LogP contribution in [0.1, 0.15) is 125 Å².